The molecule has 3 aromatic rings. The maximum absolute atomic E-state index is 14.3. The van der Waals surface area contributed by atoms with Crippen molar-refractivity contribution in [3.8, 4) is 11.1 Å². The second-order valence-electron chi connectivity index (χ2n) is 11.1. The Labute approximate surface area is 215 Å². The van der Waals surface area contributed by atoms with Crippen molar-refractivity contribution in [3.63, 3.8) is 0 Å². The fourth-order valence-corrected chi connectivity index (χ4v) is 6.01. The summed E-state index contributed by atoms with van der Waals surface area (Å²) in [5.41, 5.74) is 1.95. The zero-order valence-electron chi connectivity index (χ0n) is 21.6. The molecule has 1 aromatic heterocycles. The Balaban J connectivity index is 1.90. The van der Waals surface area contributed by atoms with E-state index in [4.69, 9.17) is 0 Å². The van der Waals surface area contributed by atoms with Gasteiger partial charge in [0.05, 0.1) is 5.25 Å². The molecule has 1 heterocycles. The first-order chi connectivity index (χ1) is 17.1. The van der Waals surface area contributed by atoms with Crippen LogP contribution >= 0.6 is 0 Å². The van der Waals surface area contributed by atoms with Crippen molar-refractivity contribution in [1.82, 2.24) is 14.2 Å². The van der Waals surface area contributed by atoms with Crippen LogP contribution in [-0.4, -0.2) is 49.3 Å². The van der Waals surface area contributed by atoms with E-state index in [1.807, 2.05) is 25.5 Å². The first kappa shape index (κ1) is 27.2. The van der Waals surface area contributed by atoms with Crippen molar-refractivity contribution < 1.29 is 26.4 Å². The van der Waals surface area contributed by atoms with Crippen LogP contribution in [0.2, 0.25) is 0 Å². The minimum atomic E-state index is -4.83. The van der Waals surface area contributed by atoms with E-state index < -0.39 is 27.5 Å². The van der Waals surface area contributed by atoms with Gasteiger partial charge in [-0.1, -0.05) is 51.1 Å². The molecule has 6 nitrogen and oxygen atoms in total. The van der Waals surface area contributed by atoms with E-state index in [0.717, 1.165) is 0 Å². The van der Waals surface area contributed by atoms with E-state index in [-0.39, 0.29) is 16.9 Å². The summed E-state index contributed by atoms with van der Waals surface area (Å²) in [6.45, 7) is 6.34. The average molecular weight is 536 g/mol. The summed E-state index contributed by atoms with van der Waals surface area (Å²) < 4.78 is 71.6. The molecular formula is C27H32F3N3O3S. The lowest BCUT2D eigenvalue weighted by atomic mass is 9.96. The quantitative estimate of drug-likeness (QED) is 0.419. The topological polar surface area (TPSA) is 71.4 Å². The van der Waals surface area contributed by atoms with E-state index in [1.165, 1.54) is 11.1 Å². The highest BCUT2D eigenvalue weighted by atomic mass is 32.2. The van der Waals surface area contributed by atoms with Gasteiger partial charge in [0, 0.05) is 48.9 Å². The molecular weight excluding hydrogens is 503 g/mol. The lowest BCUT2D eigenvalue weighted by molar-refractivity contribution is -0.152. The lowest BCUT2D eigenvalue weighted by Crippen LogP contribution is -2.39. The van der Waals surface area contributed by atoms with Gasteiger partial charge in [-0.15, -0.1) is 0 Å². The number of rotatable bonds is 7. The molecule has 1 saturated carbocycles. The predicted molar refractivity (Wildman–Crippen MR) is 139 cm³/mol. The number of fused-ring (bicyclic) bond motifs is 1. The van der Waals surface area contributed by atoms with Gasteiger partial charge >= 0.3 is 6.18 Å². The number of benzene rings is 2. The van der Waals surface area contributed by atoms with Gasteiger partial charge < -0.3 is 9.47 Å². The Bertz CT molecular complexity index is 1430. The molecule has 1 N–H and O–H groups in total. The summed E-state index contributed by atoms with van der Waals surface area (Å²) in [4.78, 5) is 14.3. The van der Waals surface area contributed by atoms with Gasteiger partial charge in [0.15, 0.2) is 0 Å². The SMILES string of the molecule is CN(C)C(=O)c1ccccc1-c1ccc2c([C@H](NS(=O)(=O)C3CC3)C(F)(F)F)cn(CC(C)(C)C)c2c1. The summed E-state index contributed by atoms with van der Waals surface area (Å²) in [6, 6.07) is 9.76. The Morgan fingerprint density at radius 1 is 1.11 bits per heavy atom. The summed E-state index contributed by atoms with van der Waals surface area (Å²) in [6.07, 6.45) is -2.70. The summed E-state index contributed by atoms with van der Waals surface area (Å²) in [7, 11) is -0.796. The molecule has 200 valence electrons. The van der Waals surface area contributed by atoms with E-state index in [0.29, 0.717) is 47.0 Å². The van der Waals surface area contributed by atoms with Crippen LogP contribution in [0.3, 0.4) is 0 Å². The zero-order chi connectivity index (χ0) is 27.3. The molecule has 2 aromatic carbocycles. The van der Waals surface area contributed by atoms with E-state index in [1.54, 1.807) is 61.1 Å². The molecule has 0 bridgehead atoms. The van der Waals surface area contributed by atoms with Gasteiger partial charge in [0.1, 0.15) is 6.04 Å². The monoisotopic (exact) mass is 535 g/mol. The molecule has 4 rings (SSSR count). The number of hydrogen-bond acceptors (Lipinski definition) is 3. The number of nitrogens with one attached hydrogen (secondary N) is 1. The fourth-order valence-electron chi connectivity index (χ4n) is 4.47. The van der Waals surface area contributed by atoms with Gasteiger partial charge in [-0.2, -0.15) is 17.9 Å². The van der Waals surface area contributed by atoms with Crippen LogP contribution in [0.1, 0.15) is 55.6 Å². The number of alkyl halides is 3. The Morgan fingerprint density at radius 2 is 1.76 bits per heavy atom. The third-order valence-electron chi connectivity index (χ3n) is 6.32. The van der Waals surface area contributed by atoms with Crippen LogP contribution in [0, 0.1) is 5.41 Å². The predicted octanol–water partition coefficient (Wildman–Crippen LogP) is 5.74. The number of carbonyl (C=O) groups is 1. The molecule has 1 atom stereocenters. The van der Waals surface area contributed by atoms with Crippen LogP contribution < -0.4 is 4.72 Å². The molecule has 1 amide bonds. The Hall–Kier alpha value is -2.85. The second-order valence-corrected chi connectivity index (χ2v) is 13.1. The number of sulfonamides is 1. The number of hydrogen-bond donors (Lipinski definition) is 1. The van der Waals surface area contributed by atoms with Crippen molar-refractivity contribution in [1.29, 1.82) is 0 Å². The number of amides is 1. The Morgan fingerprint density at radius 3 is 2.32 bits per heavy atom. The van der Waals surface area contributed by atoms with Gasteiger partial charge in [0.2, 0.25) is 10.0 Å². The highest BCUT2D eigenvalue weighted by molar-refractivity contribution is 7.90. The van der Waals surface area contributed by atoms with Crippen molar-refractivity contribution in [3.05, 3.63) is 59.8 Å². The van der Waals surface area contributed by atoms with Crippen molar-refractivity contribution in [2.24, 2.45) is 5.41 Å². The molecule has 0 spiro atoms. The minimum absolute atomic E-state index is 0.139. The summed E-state index contributed by atoms with van der Waals surface area (Å²) >= 11 is 0. The van der Waals surface area contributed by atoms with E-state index in [2.05, 4.69) is 0 Å². The van der Waals surface area contributed by atoms with Crippen LogP contribution in [0.5, 0.6) is 0 Å². The molecule has 1 aliphatic carbocycles. The average Bonchev–Trinajstić information content (AvgIpc) is 3.60. The Kier molecular flexibility index (Phi) is 6.96. The van der Waals surface area contributed by atoms with Crippen molar-refractivity contribution in [2.75, 3.05) is 14.1 Å². The highest BCUT2D eigenvalue weighted by Crippen LogP contribution is 2.41. The largest absolute Gasteiger partial charge is 0.408 e. The minimum Gasteiger partial charge on any atom is -0.347 e. The van der Waals surface area contributed by atoms with Gasteiger partial charge in [-0.25, -0.2) is 8.42 Å². The molecule has 0 radical (unpaired) electrons. The van der Waals surface area contributed by atoms with Gasteiger partial charge in [-0.05, 0) is 41.5 Å². The summed E-state index contributed by atoms with van der Waals surface area (Å²) in [5.74, 6) is -0.187. The van der Waals surface area contributed by atoms with Crippen LogP contribution in [0.25, 0.3) is 22.0 Å². The first-order valence-corrected chi connectivity index (χ1v) is 13.6. The number of aromatic nitrogens is 1. The van der Waals surface area contributed by atoms with E-state index in [9.17, 15) is 26.4 Å². The molecule has 0 aliphatic heterocycles. The first-order valence-electron chi connectivity index (χ1n) is 12.1. The van der Waals surface area contributed by atoms with Crippen LogP contribution in [-0.2, 0) is 16.6 Å². The van der Waals surface area contributed by atoms with Crippen LogP contribution in [0.15, 0.2) is 48.7 Å². The maximum atomic E-state index is 14.3. The van der Waals surface area contributed by atoms with E-state index >= 15 is 0 Å². The molecule has 10 heteroatoms. The third-order valence-corrected chi connectivity index (χ3v) is 8.23. The molecule has 0 saturated heterocycles. The molecule has 0 unspecified atom stereocenters. The normalized spacial score (nSPS) is 15.7. The molecule has 37 heavy (non-hydrogen) atoms. The van der Waals surface area contributed by atoms with Gasteiger partial charge in [0.25, 0.3) is 5.91 Å². The lowest BCUT2D eigenvalue weighted by Gasteiger charge is -2.22. The number of carbonyl (C=O) groups excluding carboxylic acids is 1. The van der Waals surface area contributed by atoms with Crippen molar-refractivity contribution >= 4 is 26.8 Å². The molecule has 1 aliphatic rings. The second kappa shape index (κ2) is 9.47. The van der Waals surface area contributed by atoms with Gasteiger partial charge in [-0.3, -0.25) is 4.79 Å². The zero-order valence-corrected chi connectivity index (χ0v) is 22.4. The number of halogens is 3. The highest BCUT2D eigenvalue weighted by Gasteiger charge is 2.47. The smallest absolute Gasteiger partial charge is 0.347 e. The standard InChI is InChI=1S/C27H32F3N3O3S/c1-26(2,3)16-33-15-22(24(27(28,29)30)31-37(35,36)18-11-12-18)20-13-10-17(14-23(20)33)19-8-6-7-9-21(19)25(34)32(4)5/h6-10,13-15,18,24,31H,11-12,16H2,1-5H3/t24-/m0/s1. The van der Waals surface area contributed by atoms with Crippen molar-refractivity contribution in [2.45, 2.75) is 57.6 Å². The maximum Gasteiger partial charge on any atom is 0.408 e. The van der Waals surface area contributed by atoms with Crippen LogP contribution in [0.4, 0.5) is 13.2 Å². The number of nitrogens with zero attached hydrogens (tertiary/aromatic N) is 2. The summed E-state index contributed by atoms with van der Waals surface area (Å²) in [5, 5.41) is -0.470. The third kappa shape index (κ3) is 5.85. The molecule has 1 fully saturated rings. The fraction of sp³-hybridized carbons (Fsp3) is 0.444.